The Morgan fingerprint density at radius 2 is 1.73 bits per heavy atom. The van der Waals surface area contributed by atoms with E-state index < -0.39 is 10.0 Å². The highest BCUT2D eigenvalue weighted by Gasteiger charge is 2.43. The van der Waals surface area contributed by atoms with E-state index in [0.717, 1.165) is 76.2 Å². The number of piperidine rings is 2. The molecule has 1 amide bonds. The summed E-state index contributed by atoms with van der Waals surface area (Å²) in [7, 11) is -3.04. The molecule has 3 aliphatic rings. The Morgan fingerprint density at radius 1 is 1.07 bits per heavy atom. The molecule has 7 nitrogen and oxygen atoms in total. The zero-order valence-corrected chi connectivity index (χ0v) is 19.7. The molecule has 0 bridgehead atoms. The number of amides is 1. The van der Waals surface area contributed by atoms with Gasteiger partial charge in [-0.15, -0.1) is 0 Å². The highest BCUT2D eigenvalue weighted by molar-refractivity contribution is 7.89. The monoisotopic (exact) mass is 444 g/mol. The van der Waals surface area contributed by atoms with Crippen molar-refractivity contribution in [2.24, 2.45) is 23.7 Å². The van der Waals surface area contributed by atoms with Gasteiger partial charge >= 0.3 is 6.09 Å². The first-order valence-corrected chi connectivity index (χ1v) is 13.4. The number of rotatable bonds is 9. The van der Waals surface area contributed by atoms with Gasteiger partial charge in [0.2, 0.25) is 10.0 Å². The average molecular weight is 445 g/mol. The third-order valence-corrected chi connectivity index (χ3v) is 8.92. The molecule has 3 fully saturated rings. The van der Waals surface area contributed by atoms with Crippen molar-refractivity contribution in [1.82, 2.24) is 9.21 Å². The van der Waals surface area contributed by atoms with Crippen LogP contribution in [0.4, 0.5) is 4.79 Å². The second-order valence-electron chi connectivity index (χ2n) is 9.52. The summed E-state index contributed by atoms with van der Waals surface area (Å²) >= 11 is 0. The van der Waals surface area contributed by atoms with Gasteiger partial charge in [-0.3, -0.25) is 0 Å². The molecule has 0 unspecified atom stereocenters. The molecule has 1 saturated carbocycles. The summed E-state index contributed by atoms with van der Waals surface area (Å²) in [5.41, 5.74) is 0. The maximum Gasteiger partial charge on any atom is 0.410 e. The predicted molar refractivity (Wildman–Crippen MR) is 117 cm³/mol. The van der Waals surface area contributed by atoms with E-state index in [9.17, 15) is 13.2 Å². The van der Waals surface area contributed by atoms with Gasteiger partial charge in [-0.25, -0.2) is 17.5 Å². The molecule has 1 aliphatic carbocycles. The summed E-state index contributed by atoms with van der Waals surface area (Å²) in [6.07, 6.45) is 6.21. The molecule has 2 heterocycles. The molecular formula is C22H40N2O5S. The molecule has 3 rings (SSSR count). The van der Waals surface area contributed by atoms with Crippen LogP contribution in [0.3, 0.4) is 0 Å². The molecule has 0 spiro atoms. The third-order valence-electron chi connectivity index (χ3n) is 7.04. The molecule has 0 aromatic heterocycles. The topological polar surface area (TPSA) is 76.2 Å². The fourth-order valence-electron chi connectivity index (χ4n) is 4.99. The quantitative estimate of drug-likeness (QED) is 0.510. The number of carbonyl (C=O) groups is 1. The fraction of sp³-hybridized carbons (Fsp3) is 0.955. The lowest BCUT2D eigenvalue weighted by molar-refractivity contribution is 0.0620. The van der Waals surface area contributed by atoms with Gasteiger partial charge in [0, 0.05) is 39.4 Å². The molecule has 2 aliphatic heterocycles. The fourth-order valence-corrected chi connectivity index (χ4v) is 6.12. The van der Waals surface area contributed by atoms with Gasteiger partial charge in [0.05, 0.1) is 11.9 Å². The average Bonchev–Trinajstić information content (AvgIpc) is 3.51. The lowest BCUT2D eigenvalue weighted by Gasteiger charge is -2.32. The molecule has 0 radical (unpaired) electrons. The van der Waals surface area contributed by atoms with Crippen LogP contribution in [0.5, 0.6) is 0 Å². The third kappa shape index (κ3) is 6.57. The Bertz CT molecular complexity index is 652. The highest BCUT2D eigenvalue weighted by Crippen LogP contribution is 2.49. The minimum Gasteiger partial charge on any atom is -0.447 e. The first-order chi connectivity index (χ1) is 14.3. The van der Waals surface area contributed by atoms with E-state index in [1.165, 1.54) is 6.42 Å². The summed E-state index contributed by atoms with van der Waals surface area (Å²) in [6.45, 7) is 9.98. The zero-order valence-electron chi connectivity index (χ0n) is 18.9. The van der Waals surface area contributed by atoms with E-state index in [2.05, 4.69) is 0 Å². The van der Waals surface area contributed by atoms with E-state index in [0.29, 0.717) is 19.0 Å². The summed E-state index contributed by atoms with van der Waals surface area (Å²) in [5, 5.41) is 0. The van der Waals surface area contributed by atoms with E-state index in [-0.39, 0.29) is 18.0 Å². The Hall–Kier alpha value is -0.860. The largest absolute Gasteiger partial charge is 0.447 e. The normalized spacial score (nSPS) is 26.9. The maximum absolute atomic E-state index is 12.0. The van der Waals surface area contributed by atoms with E-state index >= 15 is 0 Å². The molecule has 30 heavy (non-hydrogen) atoms. The van der Waals surface area contributed by atoms with Crippen LogP contribution in [0.1, 0.15) is 59.3 Å². The smallest absolute Gasteiger partial charge is 0.410 e. The lowest BCUT2D eigenvalue weighted by atomic mass is 9.91. The number of hydrogen-bond donors (Lipinski definition) is 0. The number of nitrogens with zero attached hydrogens (tertiary/aromatic N) is 2. The second-order valence-corrected chi connectivity index (χ2v) is 11.8. The number of hydrogen-bond acceptors (Lipinski definition) is 5. The first-order valence-electron chi connectivity index (χ1n) is 11.8. The Kier molecular flexibility index (Phi) is 8.44. The van der Waals surface area contributed by atoms with Gasteiger partial charge in [-0.05, 0) is 83.0 Å². The lowest BCUT2D eigenvalue weighted by Crippen LogP contribution is -2.40. The highest BCUT2D eigenvalue weighted by atomic mass is 32.2. The predicted octanol–water partition coefficient (Wildman–Crippen LogP) is 3.35. The minimum atomic E-state index is -3.04. The van der Waals surface area contributed by atoms with Crippen LogP contribution in [0, 0.1) is 23.7 Å². The van der Waals surface area contributed by atoms with Gasteiger partial charge in [0.15, 0.2) is 0 Å². The van der Waals surface area contributed by atoms with Crippen molar-refractivity contribution in [3.63, 3.8) is 0 Å². The van der Waals surface area contributed by atoms with Crippen LogP contribution < -0.4 is 0 Å². The SMILES string of the molecule is CCS(=O)(=O)N1CCC(COCC[C@@H]2C[C@@H]2C2CCN(C(=O)OC(C)C)CC2)CC1. The van der Waals surface area contributed by atoms with Crippen LogP contribution in [0.15, 0.2) is 0 Å². The summed E-state index contributed by atoms with van der Waals surface area (Å²) in [6, 6.07) is 0. The zero-order chi connectivity index (χ0) is 21.7. The van der Waals surface area contributed by atoms with Crippen LogP contribution in [-0.2, 0) is 19.5 Å². The van der Waals surface area contributed by atoms with Crippen molar-refractivity contribution in [3.05, 3.63) is 0 Å². The van der Waals surface area contributed by atoms with Crippen LogP contribution in [0.2, 0.25) is 0 Å². The van der Waals surface area contributed by atoms with Crippen molar-refractivity contribution >= 4 is 16.1 Å². The van der Waals surface area contributed by atoms with E-state index in [4.69, 9.17) is 9.47 Å². The maximum atomic E-state index is 12.0. The number of sulfonamides is 1. The van der Waals surface area contributed by atoms with Crippen molar-refractivity contribution in [3.8, 4) is 0 Å². The van der Waals surface area contributed by atoms with E-state index in [1.54, 1.807) is 11.2 Å². The number of carbonyl (C=O) groups excluding carboxylic acids is 1. The molecule has 2 atom stereocenters. The van der Waals surface area contributed by atoms with Crippen LogP contribution in [-0.4, -0.2) is 75.0 Å². The Labute approximate surface area is 182 Å². The second kappa shape index (κ2) is 10.6. The van der Waals surface area contributed by atoms with Crippen molar-refractivity contribution in [2.45, 2.75) is 65.4 Å². The van der Waals surface area contributed by atoms with Crippen molar-refractivity contribution in [2.75, 3.05) is 45.1 Å². The molecule has 8 heteroatoms. The summed E-state index contributed by atoms with van der Waals surface area (Å²) < 4.78 is 36.7. The molecule has 174 valence electrons. The van der Waals surface area contributed by atoms with Crippen molar-refractivity contribution < 1.29 is 22.7 Å². The first kappa shape index (κ1) is 23.8. The van der Waals surface area contributed by atoms with Crippen LogP contribution >= 0.6 is 0 Å². The number of ether oxygens (including phenoxy) is 2. The van der Waals surface area contributed by atoms with Gasteiger partial charge in [0.25, 0.3) is 0 Å². The Balaban J connectivity index is 1.24. The van der Waals surface area contributed by atoms with Gasteiger partial charge < -0.3 is 14.4 Å². The molecule has 2 saturated heterocycles. The van der Waals surface area contributed by atoms with Gasteiger partial charge in [-0.1, -0.05) is 0 Å². The van der Waals surface area contributed by atoms with E-state index in [1.807, 2.05) is 18.7 Å². The van der Waals surface area contributed by atoms with Crippen LogP contribution in [0.25, 0.3) is 0 Å². The Morgan fingerprint density at radius 3 is 2.33 bits per heavy atom. The molecule has 0 N–H and O–H groups in total. The van der Waals surface area contributed by atoms with Crippen molar-refractivity contribution in [1.29, 1.82) is 0 Å². The summed E-state index contributed by atoms with van der Waals surface area (Å²) in [4.78, 5) is 13.9. The number of likely N-dealkylation sites (tertiary alicyclic amines) is 1. The molecular weight excluding hydrogens is 404 g/mol. The van der Waals surface area contributed by atoms with Gasteiger partial charge in [-0.2, -0.15) is 0 Å². The van der Waals surface area contributed by atoms with Gasteiger partial charge in [0.1, 0.15) is 0 Å². The standard InChI is InChI=1S/C22H40N2O5S/c1-4-30(26,27)24-12-5-18(6-13-24)16-28-14-9-20-15-21(20)19-7-10-23(11-8-19)22(25)29-17(2)3/h17-21H,4-16H2,1-3H3/t20-,21-/m1/s1. The molecule has 0 aromatic carbocycles. The summed E-state index contributed by atoms with van der Waals surface area (Å²) in [5.74, 6) is 3.00. The molecule has 0 aromatic rings. The minimum absolute atomic E-state index is 0.0556.